The summed E-state index contributed by atoms with van der Waals surface area (Å²) in [6.45, 7) is 4.18. The molecule has 1 atom stereocenters. The summed E-state index contributed by atoms with van der Waals surface area (Å²) < 4.78 is 0. The maximum Gasteiger partial charge on any atom is 0.252 e. The monoisotopic (exact) mass is 262 g/mol. The third-order valence-electron chi connectivity index (χ3n) is 2.63. The summed E-state index contributed by atoms with van der Waals surface area (Å²) in [7, 11) is 0. The Bertz CT molecular complexity index is 581. The number of nitrogens with zero attached hydrogens (tertiary/aromatic N) is 1. The van der Waals surface area contributed by atoms with Crippen LogP contribution >= 0.6 is 11.6 Å². The Labute approximate surface area is 111 Å². The molecule has 1 aromatic heterocycles. The van der Waals surface area contributed by atoms with E-state index in [4.69, 9.17) is 11.6 Å². The van der Waals surface area contributed by atoms with E-state index >= 15 is 0 Å². The van der Waals surface area contributed by atoms with Gasteiger partial charge in [0.2, 0.25) is 0 Å². The van der Waals surface area contributed by atoms with Gasteiger partial charge in [-0.2, -0.15) is 0 Å². The summed E-state index contributed by atoms with van der Waals surface area (Å²) in [6, 6.07) is 9.43. The average Bonchev–Trinajstić information content (AvgIpc) is 2.34. The third kappa shape index (κ3) is 2.79. The molecule has 3 nitrogen and oxygen atoms in total. The molecule has 0 bridgehead atoms. The van der Waals surface area contributed by atoms with Crippen LogP contribution in [0.15, 0.2) is 30.3 Å². The minimum atomic E-state index is -0.107. The van der Waals surface area contributed by atoms with Gasteiger partial charge >= 0.3 is 0 Å². The Kier molecular flexibility index (Phi) is 3.82. The predicted octanol–water partition coefficient (Wildman–Crippen LogP) is 2.90. The maximum absolute atomic E-state index is 12.1. The highest BCUT2D eigenvalue weighted by Crippen LogP contribution is 2.18. The second kappa shape index (κ2) is 5.36. The van der Waals surface area contributed by atoms with Gasteiger partial charge < -0.3 is 5.32 Å². The van der Waals surface area contributed by atoms with Gasteiger partial charge in [0.1, 0.15) is 0 Å². The lowest BCUT2D eigenvalue weighted by atomic mass is 10.1. The Morgan fingerprint density at radius 2 is 2.17 bits per heavy atom. The number of rotatable bonds is 3. The van der Waals surface area contributed by atoms with Crippen LogP contribution in [0.25, 0.3) is 10.9 Å². The molecule has 1 amide bonds. The molecule has 0 saturated heterocycles. The zero-order valence-corrected chi connectivity index (χ0v) is 11.2. The number of aryl methyl sites for hydroxylation is 1. The molecule has 2 rings (SSSR count). The number of aromatic nitrogens is 1. The number of benzene rings is 1. The molecule has 1 unspecified atom stereocenters. The summed E-state index contributed by atoms with van der Waals surface area (Å²) in [5.41, 5.74) is 2.31. The quantitative estimate of drug-likeness (QED) is 0.865. The van der Waals surface area contributed by atoms with Crippen LogP contribution < -0.4 is 5.32 Å². The largest absolute Gasteiger partial charge is 0.351 e. The van der Waals surface area contributed by atoms with Crippen LogP contribution in [0.2, 0.25) is 0 Å². The van der Waals surface area contributed by atoms with Crippen LogP contribution in [-0.2, 0) is 0 Å². The molecular formula is C14H15ClN2O. The first-order chi connectivity index (χ1) is 8.58. The number of hydrogen-bond acceptors (Lipinski definition) is 2. The van der Waals surface area contributed by atoms with Crippen molar-refractivity contribution in [2.75, 3.05) is 6.54 Å². The van der Waals surface area contributed by atoms with Crippen molar-refractivity contribution >= 4 is 28.4 Å². The van der Waals surface area contributed by atoms with Crippen LogP contribution in [0.5, 0.6) is 0 Å². The van der Waals surface area contributed by atoms with Crippen LogP contribution in [0.1, 0.15) is 23.0 Å². The SMILES string of the molecule is Cc1cc(C(=O)NCC(C)Cl)c2ccccc2n1. The van der Waals surface area contributed by atoms with Crippen molar-refractivity contribution in [3.05, 3.63) is 41.6 Å². The first-order valence-electron chi connectivity index (χ1n) is 5.86. The van der Waals surface area contributed by atoms with E-state index in [0.717, 1.165) is 16.6 Å². The van der Waals surface area contributed by atoms with Gasteiger partial charge in [-0.1, -0.05) is 18.2 Å². The molecule has 4 heteroatoms. The summed E-state index contributed by atoms with van der Waals surface area (Å²) >= 11 is 5.83. The molecule has 94 valence electrons. The number of halogens is 1. The number of pyridine rings is 1. The molecule has 0 saturated carbocycles. The molecule has 0 aliphatic rings. The number of carbonyl (C=O) groups excluding carboxylic acids is 1. The van der Waals surface area contributed by atoms with Gasteiger partial charge in [0.05, 0.1) is 11.1 Å². The Balaban J connectivity index is 2.40. The Hall–Kier alpha value is -1.61. The number of nitrogens with one attached hydrogen (secondary N) is 1. The van der Waals surface area contributed by atoms with E-state index in [9.17, 15) is 4.79 Å². The molecule has 0 aliphatic heterocycles. The second-order valence-electron chi connectivity index (χ2n) is 4.32. The van der Waals surface area contributed by atoms with E-state index in [0.29, 0.717) is 12.1 Å². The molecule has 0 aliphatic carbocycles. The normalized spacial score (nSPS) is 12.4. The zero-order chi connectivity index (χ0) is 13.1. The fourth-order valence-corrected chi connectivity index (χ4v) is 1.90. The Morgan fingerprint density at radius 3 is 2.89 bits per heavy atom. The maximum atomic E-state index is 12.1. The predicted molar refractivity (Wildman–Crippen MR) is 74.1 cm³/mol. The summed E-state index contributed by atoms with van der Waals surface area (Å²) in [4.78, 5) is 16.5. The first-order valence-corrected chi connectivity index (χ1v) is 6.30. The summed E-state index contributed by atoms with van der Waals surface area (Å²) in [5, 5.41) is 3.60. The molecule has 0 spiro atoms. The third-order valence-corrected chi connectivity index (χ3v) is 2.79. The van der Waals surface area contributed by atoms with Gasteiger partial charge in [0.15, 0.2) is 0 Å². The first kappa shape index (κ1) is 12.8. The minimum Gasteiger partial charge on any atom is -0.351 e. The van der Waals surface area contributed by atoms with Crippen LogP contribution in [0, 0.1) is 6.92 Å². The van der Waals surface area contributed by atoms with Gasteiger partial charge in [-0.25, -0.2) is 0 Å². The van der Waals surface area contributed by atoms with E-state index in [-0.39, 0.29) is 11.3 Å². The van der Waals surface area contributed by atoms with Crippen LogP contribution in [0.4, 0.5) is 0 Å². The number of hydrogen-bond donors (Lipinski definition) is 1. The highest BCUT2D eigenvalue weighted by molar-refractivity contribution is 6.20. The lowest BCUT2D eigenvalue weighted by molar-refractivity contribution is 0.0955. The fraction of sp³-hybridized carbons (Fsp3) is 0.286. The van der Waals surface area contributed by atoms with E-state index in [2.05, 4.69) is 10.3 Å². The van der Waals surface area contributed by atoms with Gasteiger partial charge in [0.25, 0.3) is 5.91 Å². The lowest BCUT2D eigenvalue weighted by Crippen LogP contribution is -2.28. The van der Waals surface area contributed by atoms with Gasteiger partial charge in [0, 0.05) is 23.0 Å². The molecule has 2 aromatic rings. The van der Waals surface area contributed by atoms with Crippen molar-refractivity contribution < 1.29 is 4.79 Å². The standard InChI is InChI=1S/C14H15ClN2O/c1-9(15)8-16-14(18)12-7-10(2)17-13-6-4-3-5-11(12)13/h3-7,9H,8H2,1-2H3,(H,16,18). The highest BCUT2D eigenvalue weighted by Gasteiger charge is 2.11. The second-order valence-corrected chi connectivity index (χ2v) is 5.06. The molecule has 18 heavy (non-hydrogen) atoms. The van der Waals surface area contributed by atoms with E-state index in [1.54, 1.807) is 6.07 Å². The van der Waals surface area contributed by atoms with Crippen LogP contribution in [0.3, 0.4) is 0 Å². The van der Waals surface area contributed by atoms with Crippen LogP contribution in [-0.4, -0.2) is 22.8 Å². The summed E-state index contributed by atoms with van der Waals surface area (Å²) in [6.07, 6.45) is 0. The van der Waals surface area contributed by atoms with Crippen molar-refractivity contribution in [2.24, 2.45) is 0 Å². The molecule has 0 fully saturated rings. The van der Waals surface area contributed by atoms with Gasteiger partial charge in [-0.05, 0) is 26.0 Å². The van der Waals surface area contributed by atoms with E-state index < -0.39 is 0 Å². The van der Waals surface area contributed by atoms with Crippen molar-refractivity contribution in [3.63, 3.8) is 0 Å². The van der Waals surface area contributed by atoms with Crippen molar-refractivity contribution in [3.8, 4) is 0 Å². The molecule has 1 aromatic carbocycles. The van der Waals surface area contributed by atoms with E-state index in [1.165, 1.54) is 0 Å². The Morgan fingerprint density at radius 1 is 1.44 bits per heavy atom. The molecule has 1 N–H and O–H groups in total. The number of para-hydroxylation sites is 1. The molecule has 1 heterocycles. The molecule has 0 radical (unpaired) electrons. The zero-order valence-electron chi connectivity index (χ0n) is 10.4. The van der Waals surface area contributed by atoms with Crippen molar-refractivity contribution in [1.82, 2.24) is 10.3 Å². The summed E-state index contributed by atoms with van der Waals surface area (Å²) in [5.74, 6) is -0.107. The van der Waals surface area contributed by atoms with Gasteiger partial charge in [-0.3, -0.25) is 9.78 Å². The van der Waals surface area contributed by atoms with Crippen molar-refractivity contribution in [2.45, 2.75) is 19.2 Å². The van der Waals surface area contributed by atoms with E-state index in [1.807, 2.05) is 38.1 Å². The smallest absolute Gasteiger partial charge is 0.252 e. The van der Waals surface area contributed by atoms with Crippen molar-refractivity contribution in [1.29, 1.82) is 0 Å². The highest BCUT2D eigenvalue weighted by atomic mass is 35.5. The number of carbonyl (C=O) groups is 1. The minimum absolute atomic E-state index is 0.0804. The fourth-order valence-electron chi connectivity index (χ4n) is 1.82. The molecular weight excluding hydrogens is 248 g/mol. The van der Waals surface area contributed by atoms with Gasteiger partial charge in [-0.15, -0.1) is 11.6 Å². The topological polar surface area (TPSA) is 42.0 Å². The number of fused-ring (bicyclic) bond motifs is 1. The number of alkyl halides is 1. The lowest BCUT2D eigenvalue weighted by Gasteiger charge is -2.09. The average molecular weight is 263 g/mol. The number of amides is 1.